The molecule has 2 heteroatoms. The normalized spacial score (nSPS) is 27.3. The summed E-state index contributed by atoms with van der Waals surface area (Å²) >= 11 is 0. The monoisotopic (exact) mass is 418 g/mol. The molecule has 1 aromatic carbocycles. The molecular formula is C28H44F2. The number of unbranched alkanes of at least 4 members (excludes halogenated alkanes) is 3. The summed E-state index contributed by atoms with van der Waals surface area (Å²) < 4.78 is 26.4. The Morgan fingerprint density at radius 1 is 0.633 bits per heavy atom. The van der Waals surface area contributed by atoms with E-state index in [9.17, 15) is 8.78 Å². The van der Waals surface area contributed by atoms with Crippen LogP contribution >= 0.6 is 0 Å². The third kappa shape index (κ3) is 7.97. The van der Waals surface area contributed by atoms with Crippen LogP contribution in [0.2, 0.25) is 0 Å². The van der Waals surface area contributed by atoms with Crippen molar-refractivity contribution in [2.45, 2.75) is 116 Å². The van der Waals surface area contributed by atoms with E-state index in [4.69, 9.17) is 0 Å². The van der Waals surface area contributed by atoms with Crippen LogP contribution in [0.5, 0.6) is 0 Å². The third-order valence-electron chi connectivity index (χ3n) is 8.21. The predicted octanol–water partition coefficient (Wildman–Crippen LogP) is 9.26. The van der Waals surface area contributed by atoms with E-state index < -0.39 is 11.6 Å². The fraction of sp³-hybridized carbons (Fsp3) is 0.786. The van der Waals surface area contributed by atoms with Gasteiger partial charge in [0, 0.05) is 0 Å². The standard InChI is InChI=1S/C28H44F2/c1-2-3-4-5-6-22-7-9-23(10-8-22)11-12-24-13-15-25(16-14-24)17-18-26-19-20-27(29)28(30)21-26/h19-25H,2-18H2,1H3/t22-,23-,24-,25-. The van der Waals surface area contributed by atoms with Gasteiger partial charge >= 0.3 is 0 Å². The minimum absolute atomic E-state index is 0.707. The lowest BCUT2D eigenvalue weighted by Crippen LogP contribution is -2.18. The van der Waals surface area contributed by atoms with Crippen LogP contribution in [0.1, 0.15) is 115 Å². The van der Waals surface area contributed by atoms with Crippen molar-refractivity contribution in [1.82, 2.24) is 0 Å². The molecule has 0 N–H and O–H groups in total. The molecular weight excluding hydrogens is 374 g/mol. The van der Waals surface area contributed by atoms with Crippen molar-refractivity contribution in [2.75, 3.05) is 0 Å². The van der Waals surface area contributed by atoms with E-state index in [1.54, 1.807) is 6.07 Å². The molecule has 0 aliphatic heterocycles. The van der Waals surface area contributed by atoms with Crippen molar-refractivity contribution in [3.8, 4) is 0 Å². The molecule has 0 spiro atoms. The second kappa shape index (κ2) is 12.8. The molecule has 0 radical (unpaired) electrons. The van der Waals surface area contributed by atoms with E-state index in [1.807, 2.05) is 0 Å². The van der Waals surface area contributed by atoms with Gasteiger partial charge in [0.2, 0.25) is 0 Å². The molecule has 2 fully saturated rings. The Kier molecular flexibility index (Phi) is 10.1. The number of hydrogen-bond donors (Lipinski definition) is 0. The molecule has 2 aliphatic carbocycles. The molecule has 0 saturated heterocycles. The fourth-order valence-electron chi connectivity index (χ4n) is 6.01. The molecule has 0 bridgehead atoms. The fourth-order valence-corrected chi connectivity index (χ4v) is 6.01. The second-order valence-electron chi connectivity index (χ2n) is 10.5. The number of halogens is 2. The second-order valence-corrected chi connectivity index (χ2v) is 10.5. The van der Waals surface area contributed by atoms with E-state index in [2.05, 4.69) is 6.92 Å². The van der Waals surface area contributed by atoms with Gasteiger partial charge in [-0.2, -0.15) is 0 Å². The highest BCUT2D eigenvalue weighted by Gasteiger charge is 2.24. The Labute approximate surface area is 184 Å². The largest absolute Gasteiger partial charge is 0.204 e. The highest BCUT2D eigenvalue weighted by Crippen LogP contribution is 2.38. The molecule has 0 heterocycles. The summed E-state index contributed by atoms with van der Waals surface area (Å²) in [5.74, 6) is 2.31. The molecule has 0 unspecified atom stereocenters. The van der Waals surface area contributed by atoms with Gasteiger partial charge in [-0.15, -0.1) is 0 Å². The smallest absolute Gasteiger partial charge is 0.159 e. The number of aryl methyl sites for hydroxylation is 1. The van der Waals surface area contributed by atoms with Crippen molar-refractivity contribution in [2.24, 2.45) is 23.7 Å². The van der Waals surface area contributed by atoms with Gasteiger partial charge in [-0.05, 0) is 54.2 Å². The van der Waals surface area contributed by atoms with Crippen molar-refractivity contribution in [1.29, 1.82) is 0 Å². The summed E-state index contributed by atoms with van der Waals surface area (Å²) in [6.07, 6.45) is 23.5. The van der Waals surface area contributed by atoms with Crippen LogP contribution in [0.3, 0.4) is 0 Å². The van der Waals surface area contributed by atoms with Crippen LogP contribution in [0, 0.1) is 35.3 Å². The molecule has 3 rings (SSSR count). The average Bonchev–Trinajstić information content (AvgIpc) is 2.77. The maximum atomic E-state index is 13.4. The summed E-state index contributed by atoms with van der Waals surface area (Å²) in [4.78, 5) is 0. The Bertz CT molecular complexity index is 595. The maximum Gasteiger partial charge on any atom is 0.159 e. The molecule has 0 nitrogen and oxygen atoms in total. The van der Waals surface area contributed by atoms with Crippen LogP contribution in [-0.2, 0) is 6.42 Å². The van der Waals surface area contributed by atoms with Crippen molar-refractivity contribution >= 4 is 0 Å². The van der Waals surface area contributed by atoms with E-state index in [0.29, 0.717) is 0 Å². The van der Waals surface area contributed by atoms with Crippen molar-refractivity contribution in [3.63, 3.8) is 0 Å². The summed E-state index contributed by atoms with van der Waals surface area (Å²) in [5.41, 5.74) is 0.942. The lowest BCUT2D eigenvalue weighted by Gasteiger charge is -2.32. The van der Waals surface area contributed by atoms with Crippen molar-refractivity contribution in [3.05, 3.63) is 35.4 Å². The van der Waals surface area contributed by atoms with Gasteiger partial charge in [0.25, 0.3) is 0 Å². The quantitative estimate of drug-likeness (QED) is 0.314. The van der Waals surface area contributed by atoms with Gasteiger partial charge in [-0.25, -0.2) is 8.78 Å². The number of rotatable bonds is 11. The first kappa shape index (κ1) is 23.7. The van der Waals surface area contributed by atoms with E-state index in [1.165, 1.54) is 108 Å². The van der Waals surface area contributed by atoms with Crippen LogP contribution in [-0.4, -0.2) is 0 Å². The summed E-state index contributed by atoms with van der Waals surface area (Å²) in [6.45, 7) is 2.30. The van der Waals surface area contributed by atoms with Crippen LogP contribution in [0.15, 0.2) is 18.2 Å². The average molecular weight is 419 g/mol. The van der Waals surface area contributed by atoms with Crippen LogP contribution < -0.4 is 0 Å². The Hall–Kier alpha value is -0.920. The SMILES string of the molecule is CCCCCC[C@H]1CC[C@H](CC[C@H]2CC[C@H](CCc3ccc(F)c(F)c3)CC2)CC1. The van der Waals surface area contributed by atoms with Gasteiger partial charge < -0.3 is 0 Å². The molecule has 1 aromatic rings. The Balaban J connectivity index is 1.24. The van der Waals surface area contributed by atoms with Crippen LogP contribution in [0.4, 0.5) is 8.78 Å². The first-order valence-corrected chi connectivity index (χ1v) is 13.1. The molecule has 2 aliphatic rings. The van der Waals surface area contributed by atoms with E-state index in [0.717, 1.165) is 42.1 Å². The van der Waals surface area contributed by atoms with Crippen molar-refractivity contribution < 1.29 is 8.78 Å². The lowest BCUT2D eigenvalue weighted by molar-refractivity contribution is 0.208. The molecule has 0 aromatic heterocycles. The van der Waals surface area contributed by atoms with Gasteiger partial charge in [0.15, 0.2) is 11.6 Å². The van der Waals surface area contributed by atoms with E-state index >= 15 is 0 Å². The third-order valence-corrected chi connectivity index (χ3v) is 8.21. The first-order chi connectivity index (χ1) is 14.6. The predicted molar refractivity (Wildman–Crippen MR) is 124 cm³/mol. The molecule has 0 atom stereocenters. The molecule has 170 valence electrons. The van der Waals surface area contributed by atoms with Gasteiger partial charge in [-0.1, -0.05) is 109 Å². The summed E-state index contributed by atoms with van der Waals surface area (Å²) in [5, 5.41) is 0. The summed E-state index contributed by atoms with van der Waals surface area (Å²) in [7, 11) is 0. The number of hydrogen-bond acceptors (Lipinski definition) is 0. The topological polar surface area (TPSA) is 0 Å². The maximum absolute atomic E-state index is 13.4. The minimum Gasteiger partial charge on any atom is -0.204 e. The lowest BCUT2D eigenvalue weighted by atomic mass is 9.74. The van der Waals surface area contributed by atoms with Crippen LogP contribution in [0.25, 0.3) is 0 Å². The Morgan fingerprint density at radius 3 is 1.70 bits per heavy atom. The first-order valence-electron chi connectivity index (χ1n) is 13.1. The molecule has 0 amide bonds. The minimum atomic E-state index is -0.736. The highest BCUT2D eigenvalue weighted by atomic mass is 19.2. The Morgan fingerprint density at radius 2 is 1.17 bits per heavy atom. The highest BCUT2D eigenvalue weighted by molar-refractivity contribution is 5.17. The zero-order valence-electron chi connectivity index (χ0n) is 19.3. The van der Waals surface area contributed by atoms with Gasteiger partial charge in [0.05, 0.1) is 0 Å². The van der Waals surface area contributed by atoms with E-state index in [-0.39, 0.29) is 0 Å². The number of benzene rings is 1. The molecule has 2 saturated carbocycles. The zero-order chi connectivity index (χ0) is 21.2. The summed E-state index contributed by atoms with van der Waals surface area (Å²) in [6, 6.07) is 4.38. The van der Waals surface area contributed by atoms with Gasteiger partial charge in [-0.3, -0.25) is 0 Å². The zero-order valence-corrected chi connectivity index (χ0v) is 19.3. The van der Waals surface area contributed by atoms with Gasteiger partial charge in [0.1, 0.15) is 0 Å². The molecule has 30 heavy (non-hydrogen) atoms.